The molecule has 0 unspecified atom stereocenters. The molecule has 0 aliphatic carbocycles. The van der Waals surface area contributed by atoms with E-state index in [-0.39, 0.29) is 0 Å². The largest absolute Gasteiger partial charge is 0.309 e. The summed E-state index contributed by atoms with van der Waals surface area (Å²) in [6.07, 6.45) is 0. The molecule has 214 valence electrons. The summed E-state index contributed by atoms with van der Waals surface area (Å²) in [5, 5.41) is 14.6. The van der Waals surface area contributed by atoms with Crippen LogP contribution in [0.3, 0.4) is 0 Å². The van der Waals surface area contributed by atoms with Crippen molar-refractivity contribution in [1.29, 1.82) is 5.26 Å². The Morgan fingerprint density at radius 2 is 0.826 bits per heavy atom. The Bertz CT molecular complexity index is 2630. The van der Waals surface area contributed by atoms with E-state index in [9.17, 15) is 5.26 Å². The minimum atomic E-state index is 0.677. The van der Waals surface area contributed by atoms with Gasteiger partial charge in [-0.1, -0.05) is 121 Å². The van der Waals surface area contributed by atoms with E-state index in [1.165, 1.54) is 49.2 Å². The molecule has 0 amide bonds. The molecule has 2 heterocycles. The normalized spacial score (nSPS) is 11.5. The van der Waals surface area contributed by atoms with Crippen LogP contribution in [0.2, 0.25) is 0 Å². The first-order valence-electron chi connectivity index (χ1n) is 15.5. The number of fused-ring (bicyclic) bond motifs is 6. The summed E-state index contributed by atoms with van der Waals surface area (Å²) in [4.78, 5) is 0. The molecule has 0 bridgehead atoms. The maximum absolute atomic E-state index is 9.72. The lowest BCUT2D eigenvalue weighted by molar-refractivity contribution is 1.17. The molecule has 3 nitrogen and oxygen atoms in total. The maximum Gasteiger partial charge on any atom is 0.0998 e. The van der Waals surface area contributed by atoms with Crippen LogP contribution in [0.25, 0.3) is 77.2 Å². The number of rotatable bonds is 4. The zero-order chi connectivity index (χ0) is 30.6. The molecular weight excluding hydrogens is 558 g/mol. The predicted octanol–water partition coefficient (Wildman–Crippen LogP) is 11.1. The smallest absolute Gasteiger partial charge is 0.0998 e. The molecule has 0 saturated heterocycles. The van der Waals surface area contributed by atoms with E-state index in [4.69, 9.17) is 0 Å². The first kappa shape index (κ1) is 26.1. The van der Waals surface area contributed by atoms with Crippen LogP contribution in [0, 0.1) is 11.3 Å². The van der Waals surface area contributed by atoms with Crippen LogP contribution in [-0.2, 0) is 0 Å². The van der Waals surface area contributed by atoms with Crippen LogP contribution in [-0.4, -0.2) is 9.13 Å². The van der Waals surface area contributed by atoms with Gasteiger partial charge in [-0.2, -0.15) is 5.26 Å². The van der Waals surface area contributed by atoms with Crippen molar-refractivity contribution in [3.8, 4) is 39.7 Å². The van der Waals surface area contributed by atoms with Gasteiger partial charge in [-0.3, -0.25) is 0 Å². The summed E-state index contributed by atoms with van der Waals surface area (Å²) < 4.78 is 4.81. The van der Waals surface area contributed by atoms with Crippen molar-refractivity contribution in [2.24, 2.45) is 0 Å². The van der Waals surface area contributed by atoms with Gasteiger partial charge in [0.25, 0.3) is 0 Å². The summed E-state index contributed by atoms with van der Waals surface area (Å²) in [5.41, 5.74) is 12.0. The Balaban J connectivity index is 1.36. The van der Waals surface area contributed by atoms with Gasteiger partial charge in [0.05, 0.1) is 33.7 Å². The number of nitriles is 1. The lowest BCUT2D eigenvalue weighted by atomic mass is 9.98. The highest BCUT2D eigenvalue weighted by atomic mass is 15.0. The Hall–Kier alpha value is -6.37. The molecule has 0 N–H and O–H groups in total. The van der Waals surface area contributed by atoms with Crippen molar-refractivity contribution >= 4 is 43.6 Å². The number of nitrogens with zero attached hydrogens (tertiary/aromatic N) is 3. The first-order chi connectivity index (χ1) is 22.8. The van der Waals surface area contributed by atoms with Gasteiger partial charge in [0.1, 0.15) is 0 Å². The van der Waals surface area contributed by atoms with Crippen LogP contribution in [0.4, 0.5) is 0 Å². The molecule has 46 heavy (non-hydrogen) atoms. The summed E-state index contributed by atoms with van der Waals surface area (Å²) in [6.45, 7) is 0. The lowest BCUT2D eigenvalue weighted by Gasteiger charge is -2.15. The number of para-hydroxylation sites is 5. The highest BCUT2D eigenvalue weighted by molar-refractivity contribution is 6.19. The Labute approximate surface area is 266 Å². The number of hydrogen-bond acceptors (Lipinski definition) is 1. The van der Waals surface area contributed by atoms with E-state index in [2.05, 4.69) is 155 Å². The molecule has 2 aromatic heterocycles. The third-order valence-electron chi connectivity index (χ3n) is 9.18. The van der Waals surface area contributed by atoms with E-state index >= 15 is 0 Å². The zero-order valence-electron chi connectivity index (χ0n) is 24.9. The van der Waals surface area contributed by atoms with E-state index in [1.54, 1.807) is 0 Å². The van der Waals surface area contributed by atoms with Gasteiger partial charge < -0.3 is 9.13 Å². The fourth-order valence-electron chi connectivity index (χ4n) is 7.21. The van der Waals surface area contributed by atoms with Crippen molar-refractivity contribution < 1.29 is 0 Å². The van der Waals surface area contributed by atoms with Gasteiger partial charge in [0.15, 0.2) is 0 Å². The Morgan fingerprint density at radius 3 is 1.41 bits per heavy atom. The zero-order valence-corrected chi connectivity index (χ0v) is 24.9. The molecule has 0 atom stereocenters. The molecular formula is C43H27N3. The highest BCUT2D eigenvalue weighted by Crippen LogP contribution is 2.43. The van der Waals surface area contributed by atoms with E-state index in [1.807, 2.05) is 24.3 Å². The van der Waals surface area contributed by atoms with Crippen molar-refractivity contribution in [3.63, 3.8) is 0 Å². The predicted molar refractivity (Wildman–Crippen MR) is 191 cm³/mol. The molecule has 0 spiro atoms. The van der Waals surface area contributed by atoms with Gasteiger partial charge in [-0.05, 0) is 53.6 Å². The Morgan fingerprint density at radius 1 is 0.370 bits per heavy atom. The minimum Gasteiger partial charge on any atom is -0.309 e. The molecule has 3 heteroatoms. The topological polar surface area (TPSA) is 33.6 Å². The van der Waals surface area contributed by atoms with Crippen LogP contribution < -0.4 is 0 Å². The minimum absolute atomic E-state index is 0.677. The van der Waals surface area contributed by atoms with Gasteiger partial charge in [0.2, 0.25) is 0 Å². The second-order valence-corrected chi connectivity index (χ2v) is 11.6. The van der Waals surface area contributed by atoms with Crippen LogP contribution in [0.5, 0.6) is 0 Å². The van der Waals surface area contributed by atoms with Crippen LogP contribution >= 0.6 is 0 Å². The third kappa shape index (κ3) is 3.84. The molecule has 0 radical (unpaired) electrons. The Kier molecular flexibility index (Phi) is 5.88. The number of hydrogen-bond donors (Lipinski definition) is 0. The fraction of sp³-hybridized carbons (Fsp3) is 0. The summed E-state index contributed by atoms with van der Waals surface area (Å²) in [5.74, 6) is 0. The molecule has 9 aromatic rings. The second-order valence-electron chi connectivity index (χ2n) is 11.6. The standard InChI is InChI=1S/C43H27N3/c44-28-30-12-4-5-15-33(30)29-24-26-32(27-25-29)46-41-23-9-7-17-35(41)37-19-11-21-39(43(37)46)38-20-10-18-36-34-16-6-8-22-40(34)45(42(36)38)31-13-2-1-3-14-31/h1-27H. The quantitative estimate of drug-likeness (QED) is 0.202. The van der Waals surface area contributed by atoms with Gasteiger partial charge in [0, 0.05) is 44.0 Å². The lowest BCUT2D eigenvalue weighted by Crippen LogP contribution is -1.98. The van der Waals surface area contributed by atoms with E-state index in [0.29, 0.717) is 5.56 Å². The van der Waals surface area contributed by atoms with Crippen molar-refractivity contribution in [1.82, 2.24) is 9.13 Å². The number of benzene rings is 7. The SMILES string of the molecule is N#Cc1ccccc1-c1ccc(-n2c3ccccc3c3cccc(-c4cccc5c6ccccc6n(-c6ccccc6)c45)c32)cc1. The van der Waals surface area contributed by atoms with Crippen LogP contribution in [0.15, 0.2) is 164 Å². The molecule has 0 saturated carbocycles. The molecule has 9 rings (SSSR count). The summed E-state index contributed by atoms with van der Waals surface area (Å²) in [6, 6.07) is 60.1. The third-order valence-corrected chi connectivity index (χ3v) is 9.18. The average molecular weight is 586 g/mol. The second kappa shape index (κ2) is 10.4. The van der Waals surface area contributed by atoms with Crippen molar-refractivity contribution in [2.45, 2.75) is 0 Å². The summed E-state index contributed by atoms with van der Waals surface area (Å²) in [7, 11) is 0. The highest BCUT2D eigenvalue weighted by Gasteiger charge is 2.21. The van der Waals surface area contributed by atoms with Gasteiger partial charge >= 0.3 is 0 Å². The molecule has 0 aliphatic heterocycles. The van der Waals surface area contributed by atoms with Gasteiger partial charge in [-0.15, -0.1) is 0 Å². The molecule has 7 aromatic carbocycles. The maximum atomic E-state index is 9.72. The summed E-state index contributed by atoms with van der Waals surface area (Å²) >= 11 is 0. The average Bonchev–Trinajstić information content (AvgIpc) is 3.65. The van der Waals surface area contributed by atoms with Crippen LogP contribution in [0.1, 0.15) is 5.56 Å². The van der Waals surface area contributed by atoms with E-state index < -0.39 is 0 Å². The molecule has 0 fully saturated rings. The fourth-order valence-corrected chi connectivity index (χ4v) is 7.21. The van der Waals surface area contributed by atoms with Crippen molar-refractivity contribution in [3.05, 3.63) is 169 Å². The monoisotopic (exact) mass is 585 g/mol. The van der Waals surface area contributed by atoms with Gasteiger partial charge in [-0.25, -0.2) is 0 Å². The van der Waals surface area contributed by atoms with Crippen molar-refractivity contribution in [2.75, 3.05) is 0 Å². The number of aromatic nitrogens is 2. The molecule has 0 aliphatic rings. The van der Waals surface area contributed by atoms with E-state index in [0.717, 1.165) is 28.0 Å². The first-order valence-corrected chi connectivity index (χ1v) is 15.5.